The van der Waals surface area contributed by atoms with Gasteiger partial charge in [0, 0.05) is 56.2 Å². The average Bonchev–Trinajstić information content (AvgIpc) is 3.31. The molecular formula is C27H36N6O7. The van der Waals surface area contributed by atoms with Crippen LogP contribution in [0.25, 0.3) is 10.9 Å². The van der Waals surface area contributed by atoms with Crippen molar-refractivity contribution < 1.29 is 34.8 Å². The van der Waals surface area contributed by atoms with Crippen LogP contribution in [0.3, 0.4) is 0 Å². The Hall–Kier alpha value is -3.17. The molecule has 2 aliphatic heterocycles. The Kier molecular flexibility index (Phi) is 8.90. The summed E-state index contributed by atoms with van der Waals surface area (Å²) in [4.78, 5) is 28.3. The SMILES string of the molecule is Cn1cc(CNCC2CCN(c3ncc(C(=O)NO[C@@H]4O[C@H](CO)[C@H](O)[C@H](O)[C@H]4O)cn3)CC2)c2ccccc21. The maximum atomic E-state index is 12.5. The third-order valence-electron chi connectivity index (χ3n) is 7.64. The minimum atomic E-state index is -1.63. The Bertz CT molecular complexity index is 1280. The molecule has 13 nitrogen and oxygen atoms in total. The Morgan fingerprint density at radius 3 is 2.55 bits per heavy atom. The minimum absolute atomic E-state index is 0.126. The summed E-state index contributed by atoms with van der Waals surface area (Å²) in [7, 11) is 2.07. The number of aryl methyl sites for hydroxylation is 1. The van der Waals surface area contributed by atoms with Crippen molar-refractivity contribution in [2.75, 3.05) is 31.1 Å². The van der Waals surface area contributed by atoms with E-state index in [0.717, 1.165) is 39.0 Å². The normalized spacial score (nSPS) is 25.8. The number of para-hydroxylation sites is 1. The highest BCUT2D eigenvalue weighted by molar-refractivity contribution is 5.92. The molecule has 5 atom stereocenters. The van der Waals surface area contributed by atoms with Crippen molar-refractivity contribution in [3.05, 3.63) is 54.0 Å². The number of hydrogen-bond acceptors (Lipinski definition) is 11. The van der Waals surface area contributed by atoms with E-state index in [-0.39, 0.29) is 5.56 Å². The van der Waals surface area contributed by atoms with Gasteiger partial charge in [-0.15, -0.1) is 0 Å². The van der Waals surface area contributed by atoms with Crippen LogP contribution in [-0.4, -0.2) is 97.8 Å². The van der Waals surface area contributed by atoms with E-state index < -0.39 is 43.2 Å². The summed E-state index contributed by atoms with van der Waals surface area (Å²) in [5.74, 6) is 0.406. The van der Waals surface area contributed by atoms with Crippen molar-refractivity contribution >= 4 is 22.8 Å². The van der Waals surface area contributed by atoms with Crippen LogP contribution in [0.15, 0.2) is 42.9 Å². The summed E-state index contributed by atoms with van der Waals surface area (Å²) in [6.07, 6.45) is -0.446. The zero-order valence-corrected chi connectivity index (χ0v) is 22.3. The average molecular weight is 557 g/mol. The molecule has 0 unspecified atom stereocenters. The number of amides is 1. The molecule has 2 aliphatic rings. The van der Waals surface area contributed by atoms with Gasteiger partial charge in [0.1, 0.15) is 24.4 Å². The second kappa shape index (κ2) is 12.6. The number of nitrogens with zero attached hydrogens (tertiary/aromatic N) is 4. The zero-order valence-electron chi connectivity index (χ0n) is 22.3. The van der Waals surface area contributed by atoms with Gasteiger partial charge in [0.05, 0.1) is 12.2 Å². The number of carbonyl (C=O) groups excluding carboxylic acids is 1. The number of aliphatic hydroxyl groups is 4. The Labute approximate surface area is 231 Å². The van der Waals surface area contributed by atoms with E-state index in [2.05, 4.69) is 67.7 Å². The van der Waals surface area contributed by atoms with Crippen molar-refractivity contribution in [2.24, 2.45) is 13.0 Å². The van der Waals surface area contributed by atoms with Crippen LogP contribution in [0.1, 0.15) is 28.8 Å². The number of benzene rings is 1. The highest BCUT2D eigenvalue weighted by atomic mass is 16.8. The van der Waals surface area contributed by atoms with Crippen LogP contribution < -0.4 is 15.7 Å². The molecule has 216 valence electrons. The van der Waals surface area contributed by atoms with Gasteiger partial charge in [-0.1, -0.05) is 18.2 Å². The molecule has 0 spiro atoms. The fraction of sp³-hybridized carbons (Fsp3) is 0.519. The first-order valence-corrected chi connectivity index (χ1v) is 13.4. The number of carbonyl (C=O) groups is 1. The van der Waals surface area contributed by atoms with Crippen LogP contribution in [0.4, 0.5) is 5.95 Å². The van der Waals surface area contributed by atoms with Crippen LogP contribution in [0, 0.1) is 5.92 Å². The van der Waals surface area contributed by atoms with Crippen molar-refractivity contribution in [2.45, 2.75) is 50.1 Å². The summed E-state index contributed by atoms with van der Waals surface area (Å²) in [6, 6.07) is 8.42. The molecule has 0 radical (unpaired) electrons. The predicted octanol–water partition coefficient (Wildman–Crippen LogP) is -0.564. The molecule has 0 bridgehead atoms. The van der Waals surface area contributed by atoms with E-state index in [4.69, 9.17) is 9.57 Å². The third-order valence-corrected chi connectivity index (χ3v) is 7.64. The van der Waals surface area contributed by atoms with Crippen molar-refractivity contribution in [3.8, 4) is 0 Å². The lowest BCUT2D eigenvalue weighted by Gasteiger charge is -2.39. The molecule has 0 aliphatic carbocycles. The van der Waals surface area contributed by atoms with Gasteiger partial charge in [-0.05, 0) is 36.9 Å². The molecule has 5 rings (SSSR count). The van der Waals surface area contributed by atoms with Crippen LogP contribution in [0.2, 0.25) is 0 Å². The molecule has 6 N–H and O–H groups in total. The van der Waals surface area contributed by atoms with E-state index in [9.17, 15) is 25.2 Å². The van der Waals surface area contributed by atoms with Crippen molar-refractivity contribution in [3.63, 3.8) is 0 Å². The van der Waals surface area contributed by atoms with Gasteiger partial charge in [-0.2, -0.15) is 0 Å². The lowest BCUT2D eigenvalue weighted by atomic mass is 9.97. The quantitative estimate of drug-likeness (QED) is 0.186. The highest BCUT2D eigenvalue weighted by Gasteiger charge is 2.44. The van der Waals surface area contributed by atoms with Crippen LogP contribution in [0.5, 0.6) is 0 Å². The minimum Gasteiger partial charge on any atom is -0.394 e. The largest absolute Gasteiger partial charge is 0.394 e. The summed E-state index contributed by atoms with van der Waals surface area (Å²) in [5, 5.41) is 43.8. The Morgan fingerprint density at radius 2 is 1.82 bits per heavy atom. The number of anilines is 1. The smallest absolute Gasteiger partial charge is 0.278 e. The fourth-order valence-electron chi connectivity index (χ4n) is 5.25. The summed E-state index contributed by atoms with van der Waals surface area (Å²) < 4.78 is 7.36. The lowest BCUT2D eigenvalue weighted by molar-refractivity contribution is -0.311. The number of ether oxygens (including phenoxy) is 1. The number of aromatic nitrogens is 3. The standard InChI is InChI=1S/C27H36N6O7/c1-32-14-18(19-4-2-3-5-20(19)32)11-28-10-16-6-8-33(9-7-16)27-29-12-17(13-30-27)25(38)31-40-26-24(37)23(36)22(35)21(15-34)39-26/h2-5,12-14,16,21-24,26,28,34-37H,6-11,15H2,1H3,(H,31,38)/t21-,22+,23+,24-,26+/m1/s1. The van der Waals surface area contributed by atoms with E-state index in [1.807, 2.05) is 0 Å². The van der Waals surface area contributed by atoms with E-state index in [1.54, 1.807) is 0 Å². The van der Waals surface area contributed by atoms with Crippen LogP contribution in [-0.2, 0) is 23.2 Å². The molecule has 40 heavy (non-hydrogen) atoms. The molecule has 2 fully saturated rings. The Balaban J connectivity index is 1.06. The number of hydrogen-bond donors (Lipinski definition) is 6. The second-order valence-electron chi connectivity index (χ2n) is 10.4. The van der Waals surface area contributed by atoms with Crippen molar-refractivity contribution in [1.82, 2.24) is 25.3 Å². The van der Waals surface area contributed by atoms with Gasteiger partial charge in [-0.25, -0.2) is 20.3 Å². The number of hydroxylamine groups is 1. The first-order chi connectivity index (χ1) is 19.4. The van der Waals surface area contributed by atoms with Crippen molar-refractivity contribution in [1.29, 1.82) is 0 Å². The monoisotopic (exact) mass is 556 g/mol. The van der Waals surface area contributed by atoms with Gasteiger partial charge in [0.2, 0.25) is 12.2 Å². The molecule has 4 heterocycles. The lowest BCUT2D eigenvalue weighted by Crippen LogP contribution is -2.60. The molecule has 2 aromatic heterocycles. The van der Waals surface area contributed by atoms with Gasteiger partial charge in [0.25, 0.3) is 5.91 Å². The summed E-state index contributed by atoms with van der Waals surface area (Å²) in [5.41, 5.74) is 4.78. The first kappa shape index (κ1) is 28.4. The maximum Gasteiger partial charge on any atom is 0.278 e. The van der Waals surface area contributed by atoms with Gasteiger partial charge in [-0.3, -0.25) is 4.79 Å². The molecule has 0 saturated carbocycles. The third kappa shape index (κ3) is 6.10. The highest BCUT2D eigenvalue weighted by Crippen LogP contribution is 2.23. The van der Waals surface area contributed by atoms with Crippen LogP contribution >= 0.6 is 0 Å². The molecule has 1 amide bonds. The molecule has 3 aromatic rings. The number of nitrogens with one attached hydrogen (secondary N) is 2. The summed E-state index contributed by atoms with van der Waals surface area (Å²) >= 11 is 0. The predicted molar refractivity (Wildman–Crippen MR) is 144 cm³/mol. The Morgan fingerprint density at radius 1 is 1.10 bits per heavy atom. The first-order valence-electron chi connectivity index (χ1n) is 13.4. The molecule has 1 aromatic carbocycles. The molecule has 2 saturated heterocycles. The molecular weight excluding hydrogens is 520 g/mol. The van der Waals surface area contributed by atoms with E-state index >= 15 is 0 Å². The molecule has 13 heteroatoms. The van der Waals surface area contributed by atoms with Gasteiger partial charge in [0.15, 0.2) is 0 Å². The van der Waals surface area contributed by atoms with E-state index in [1.165, 1.54) is 28.9 Å². The number of rotatable bonds is 9. The number of aliphatic hydroxyl groups excluding tert-OH is 4. The zero-order chi connectivity index (χ0) is 28.2. The summed E-state index contributed by atoms with van der Waals surface area (Å²) in [6.45, 7) is 2.78. The number of piperidine rings is 1. The number of fused-ring (bicyclic) bond motifs is 1. The van der Waals surface area contributed by atoms with E-state index in [0.29, 0.717) is 11.9 Å². The topological polar surface area (TPSA) is 174 Å². The fourth-order valence-corrected chi connectivity index (χ4v) is 5.25. The second-order valence-corrected chi connectivity index (χ2v) is 10.4. The van der Waals surface area contributed by atoms with Gasteiger partial charge < -0.3 is 39.9 Å². The van der Waals surface area contributed by atoms with Gasteiger partial charge >= 0.3 is 0 Å². The maximum absolute atomic E-state index is 12.5.